The number of rotatable bonds is 7. The fourth-order valence-electron chi connectivity index (χ4n) is 1.29. The highest BCUT2D eigenvalue weighted by Crippen LogP contribution is 2.25. The largest absolute Gasteiger partial charge is 0.493 e. The summed E-state index contributed by atoms with van der Waals surface area (Å²) in [5, 5.41) is 8.96. The molecule has 1 rings (SSSR count). The highest BCUT2D eigenvalue weighted by molar-refractivity contribution is 5.91. The zero-order valence-corrected chi connectivity index (χ0v) is 9.93. The molecule has 0 unspecified atom stereocenters. The Labute approximate surface area is 99.9 Å². The number of carboxylic acid groups (broad SMARTS) is 1. The van der Waals surface area contributed by atoms with Crippen molar-refractivity contribution in [2.75, 3.05) is 26.9 Å². The van der Waals surface area contributed by atoms with Gasteiger partial charge in [0.25, 0.3) is 0 Å². The lowest BCUT2D eigenvalue weighted by molar-refractivity contribution is 0.0692. The molecule has 1 aromatic rings. The SMILES string of the molecule is CCOc1cc(OCCOC)ccc1C(=O)O. The van der Waals surface area contributed by atoms with Gasteiger partial charge < -0.3 is 19.3 Å². The molecule has 0 aliphatic carbocycles. The van der Waals surface area contributed by atoms with Crippen molar-refractivity contribution in [1.82, 2.24) is 0 Å². The molecule has 5 heteroatoms. The van der Waals surface area contributed by atoms with Crippen LogP contribution in [0.2, 0.25) is 0 Å². The minimum absolute atomic E-state index is 0.131. The Morgan fingerprint density at radius 1 is 1.29 bits per heavy atom. The maximum absolute atomic E-state index is 10.9. The van der Waals surface area contributed by atoms with E-state index in [0.717, 1.165) is 0 Å². The molecular formula is C12H16O5. The Kier molecular flexibility index (Phi) is 5.29. The quantitative estimate of drug-likeness (QED) is 0.736. The number of methoxy groups -OCH3 is 1. The summed E-state index contributed by atoms with van der Waals surface area (Å²) in [6, 6.07) is 4.64. The van der Waals surface area contributed by atoms with Gasteiger partial charge in [0, 0.05) is 13.2 Å². The zero-order valence-electron chi connectivity index (χ0n) is 9.93. The van der Waals surface area contributed by atoms with Crippen LogP contribution in [-0.2, 0) is 4.74 Å². The first-order chi connectivity index (χ1) is 8.19. The summed E-state index contributed by atoms with van der Waals surface area (Å²) in [5.74, 6) is -0.137. The fraction of sp³-hybridized carbons (Fsp3) is 0.417. The molecule has 1 aromatic carbocycles. The second kappa shape index (κ2) is 6.75. The number of hydrogen-bond acceptors (Lipinski definition) is 4. The standard InChI is InChI=1S/C12H16O5/c1-3-16-11-8-9(17-7-6-15-2)4-5-10(11)12(13)14/h4-5,8H,3,6-7H2,1-2H3,(H,13,14). The van der Waals surface area contributed by atoms with Crippen molar-refractivity contribution in [2.45, 2.75) is 6.92 Å². The first-order valence-electron chi connectivity index (χ1n) is 5.31. The van der Waals surface area contributed by atoms with Crippen molar-refractivity contribution in [1.29, 1.82) is 0 Å². The zero-order chi connectivity index (χ0) is 12.7. The summed E-state index contributed by atoms with van der Waals surface area (Å²) in [5.41, 5.74) is 0.131. The molecule has 0 atom stereocenters. The van der Waals surface area contributed by atoms with Crippen LogP contribution in [0.4, 0.5) is 0 Å². The number of carbonyl (C=O) groups is 1. The maximum Gasteiger partial charge on any atom is 0.339 e. The Morgan fingerprint density at radius 2 is 2.06 bits per heavy atom. The third-order valence-electron chi connectivity index (χ3n) is 2.04. The van der Waals surface area contributed by atoms with Crippen LogP contribution in [0.5, 0.6) is 11.5 Å². The first kappa shape index (κ1) is 13.3. The van der Waals surface area contributed by atoms with Crippen LogP contribution in [0.15, 0.2) is 18.2 Å². The Hall–Kier alpha value is -1.75. The van der Waals surface area contributed by atoms with Gasteiger partial charge in [-0.05, 0) is 19.1 Å². The van der Waals surface area contributed by atoms with E-state index in [1.54, 1.807) is 26.2 Å². The van der Waals surface area contributed by atoms with E-state index in [-0.39, 0.29) is 5.56 Å². The van der Waals surface area contributed by atoms with Crippen molar-refractivity contribution in [3.05, 3.63) is 23.8 Å². The number of hydrogen-bond donors (Lipinski definition) is 1. The molecule has 0 heterocycles. The molecule has 94 valence electrons. The molecular weight excluding hydrogens is 224 g/mol. The number of benzene rings is 1. The van der Waals surface area contributed by atoms with Crippen LogP contribution in [0.25, 0.3) is 0 Å². The molecule has 0 aliphatic rings. The van der Waals surface area contributed by atoms with Crippen LogP contribution in [0.1, 0.15) is 17.3 Å². The van der Waals surface area contributed by atoms with Crippen LogP contribution in [-0.4, -0.2) is 38.0 Å². The van der Waals surface area contributed by atoms with E-state index in [1.807, 2.05) is 0 Å². The van der Waals surface area contributed by atoms with E-state index in [2.05, 4.69) is 0 Å². The van der Waals surface area contributed by atoms with Gasteiger partial charge in [0.2, 0.25) is 0 Å². The predicted octanol–water partition coefficient (Wildman–Crippen LogP) is 1.81. The lowest BCUT2D eigenvalue weighted by Gasteiger charge is -2.10. The molecule has 0 saturated heterocycles. The normalized spacial score (nSPS) is 10.0. The summed E-state index contributed by atoms with van der Waals surface area (Å²) in [6.07, 6.45) is 0. The molecule has 0 aromatic heterocycles. The van der Waals surface area contributed by atoms with Crippen LogP contribution < -0.4 is 9.47 Å². The molecule has 17 heavy (non-hydrogen) atoms. The molecule has 0 aliphatic heterocycles. The van der Waals surface area contributed by atoms with Gasteiger partial charge in [0.15, 0.2) is 0 Å². The lowest BCUT2D eigenvalue weighted by atomic mass is 10.2. The molecule has 0 radical (unpaired) electrons. The van der Waals surface area contributed by atoms with E-state index in [4.69, 9.17) is 19.3 Å². The van der Waals surface area contributed by atoms with Gasteiger partial charge in [-0.2, -0.15) is 0 Å². The van der Waals surface area contributed by atoms with Crippen LogP contribution >= 0.6 is 0 Å². The highest BCUT2D eigenvalue weighted by atomic mass is 16.5. The minimum Gasteiger partial charge on any atom is -0.493 e. The Balaban J connectivity index is 2.81. The summed E-state index contributed by atoms with van der Waals surface area (Å²) in [4.78, 5) is 10.9. The van der Waals surface area contributed by atoms with Gasteiger partial charge in [-0.1, -0.05) is 0 Å². The van der Waals surface area contributed by atoms with Crippen molar-refractivity contribution >= 4 is 5.97 Å². The number of aromatic carboxylic acids is 1. The third kappa shape index (κ3) is 3.96. The van der Waals surface area contributed by atoms with Gasteiger partial charge in [-0.25, -0.2) is 4.79 Å². The molecule has 0 bridgehead atoms. The number of carboxylic acids is 1. The van der Waals surface area contributed by atoms with E-state index >= 15 is 0 Å². The van der Waals surface area contributed by atoms with Gasteiger partial charge in [0.1, 0.15) is 23.7 Å². The molecule has 0 fully saturated rings. The second-order valence-corrected chi connectivity index (χ2v) is 3.24. The van der Waals surface area contributed by atoms with Crippen LogP contribution in [0, 0.1) is 0 Å². The first-order valence-corrected chi connectivity index (χ1v) is 5.31. The van der Waals surface area contributed by atoms with Crippen molar-refractivity contribution < 1.29 is 24.1 Å². The average Bonchev–Trinajstić information content (AvgIpc) is 2.30. The summed E-state index contributed by atoms with van der Waals surface area (Å²) < 4.78 is 15.5. The summed E-state index contributed by atoms with van der Waals surface area (Å²) in [7, 11) is 1.59. The van der Waals surface area contributed by atoms with Gasteiger partial charge in [0.05, 0.1) is 13.2 Å². The smallest absolute Gasteiger partial charge is 0.339 e. The van der Waals surface area contributed by atoms with E-state index in [9.17, 15) is 4.79 Å². The summed E-state index contributed by atoms with van der Waals surface area (Å²) in [6.45, 7) is 3.09. The van der Waals surface area contributed by atoms with Crippen LogP contribution in [0.3, 0.4) is 0 Å². The van der Waals surface area contributed by atoms with Gasteiger partial charge >= 0.3 is 5.97 Å². The Morgan fingerprint density at radius 3 is 2.65 bits per heavy atom. The van der Waals surface area contributed by atoms with E-state index < -0.39 is 5.97 Å². The monoisotopic (exact) mass is 240 g/mol. The molecule has 0 saturated carbocycles. The highest BCUT2D eigenvalue weighted by Gasteiger charge is 2.12. The topological polar surface area (TPSA) is 65.0 Å². The lowest BCUT2D eigenvalue weighted by Crippen LogP contribution is -2.06. The fourth-order valence-corrected chi connectivity index (χ4v) is 1.29. The van der Waals surface area contributed by atoms with Gasteiger partial charge in [-0.3, -0.25) is 0 Å². The van der Waals surface area contributed by atoms with Gasteiger partial charge in [-0.15, -0.1) is 0 Å². The molecule has 0 amide bonds. The van der Waals surface area contributed by atoms with E-state index in [0.29, 0.717) is 31.3 Å². The van der Waals surface area contributed by atoms with Crippen molar-refractivity contribution in [3.8, 4) is 11.5 Å². The maximum atomic E-state index is 10.9. The third-order valence-corrected chi connectivity index (χ3v) is 2.04. The summed E-state index contributed by atoms with van der Waals surface area (Å²) >= 11 is 0. The Bertz CT molecular complexity index is 375. The molecule has 0 spiro atoms. The van der Waals surface area contributed by atoms with Crippen molar-refractivity contribution in [3.63, 3.8) is 0 Å². The minimum atomic E-state index is -1.02. The molecule has 1 N–H and O–H groups in total. The predicted molar refractivity (Wildman–Crippen MR) is 61.9 cm³/mol. The second-order valence-electron chi connectivity index (χ2n) is 3.24. The average molecular weight is 240 g/mol. The van der Waals surface area contributed by atoms with E-state index in [1.165, 1.54) is 6.07 Å². The molecule has 5 nitrogen and oxygen atoms in total. The number of ether oxygens (including phenoxy) is 3. The van der Waals surface area contributed by atoms with Crippen molar-refractivity contribution in [2.24, 2.45) is 0 Å².